The number of nitrogens with one attached hydrogen (secondary N) is 1. The highest BCUT2D eigenvalue weighted by Gasteiger charge is 2.29. The Morgan fingerprint density at radius 2 is 2.00 bits per heavy atom. The van der Waals surface area contributed by atoms with Crippen LogP contribution in [0.5, 0.6) is 11.5 Å². The van der Waals surface area contributed by atoms with Crippen molar-refractivity contribution in [3.05, 3.63) is 41.7 Å². The SMILES string of the molecule is COc1ccccc1OCc1cc([C@@H]2CCN(C(=O)CCC3CCCC3)C2)n[nH]1. The fourth-order valence-electron chi connectivity index (χ4n) is 4.57. The monoisotopic (exact) mass is 397 g/mol. The fraction of sp³-hybridized carbons (Fsp3) is 0.565. The van der Waals surface area contributed by atoms with Crippen LogP contribution in [0, 0.1) is 5.92 Å². The maximum Gasteiger partial charge on any atom is 0.222 e. The summed E-state index contributed by atoms with van der Waals surface area (Å²) in [4.78, 5) is 14.6. The first-order chi connectivity index (χ1) is 14.2. The molecule has 1 saturated heterocycles. The number of likely N-dealkylation sites (tertiary alicyclic amines) is 1. The third kappa shape index (κ3) is 4.92. The van der Waals surface area contributed by atoms with Gasteiger partial charge in [-0.2, -0.15) is 5.10 Å². The van der Waals surface area contributed by atoms with E-state index in [1.807, 2.05) is 29.2 Å². The van der Waals surface area contributed by atoms with E-state index in [2.05, 4.69) is 16.3 Å². The second kappa shape index (κ2) is 9.33. The van der Waals surface area contributed by atoms with Crippen molar-refractivity contribution in [2.75, 3.05) is 20.2 Å². The van der Waals surface area contributed by atoms with Crippen LogP contribution in [0.1, 0.15) is 62.3 Å². The summed E-state index contributed by atoms with van der Waals surface area (Å²) < 4.78 is 11.2. The topological polar surface area (TPSA) is 67.5 Å². The predicted octanol–water partition coefficient (Wildman–Crippen LogP) is 4.28. The highest BCUT2D eigenvalue weighted by molar-refractivity contribution is 5.76. The molecular formula is C23H31N3O3. The summed E-state index contributed by atoms with van der Waals surface area (Å²) >= 11 is 0. The molecule has 1 aliphatic heterocycles. The summed E-state index contributed by atoms with van der Waals surface area (Å²) in [6.45, 7) is 2.03. The second-order valence-electron chi connectivity index (χ2n) is 8.27. The lowest BCUT2D eigenvalue weighted by molar-refractivity contribution is -0.130. The Kier molecular flexibility index (Phi) is 6.37. The second-order valence-corrected chi connectivity index (χ2v) is 8.27. The van der Waals surface area contributed by atoms with Crippen molar-refractivity contribution in [3.8, 4) is 11.5 Å². The number of hydrogen-bond acceptors (Lipinski definition) is 4. The van der Waals surface area contributed by atoms with Gasteiger partial charge >= 0.3 is 0 Å². The Hall–Kier alpha value is -2.50. The molecule has 2 aromatic rings. The maximum atomic E-state index is 12.6. The summed E-state index contributed by atoms with van der Waals surface area (Å²) in [6, 6.07) is 9.67. The summed E-state index contributed by atoms with van der Waals surface area (Å²) in [5.41, 5.74) is 1.95. The van der Waals surface area contributed by atoms with Crippen LogP contribution in [0.2, 0.25) is 0 Å². The number of amides is 1. The highest BCUT2D eigenvalue weighted by Crippen LogP contribution is 2.31. The van der Waals surface area contributed by atoms with Crippen molar-refractivity contribution in [1.29, 1.82) is 0 Å². The molecule has 1 atom stereocenters. The lowest BCUT2D eigenvalue weighted by Crippen LogP contribution is -2.28. The molecule has 1 N–H and O–H groups in total. The van der Waals surface area contributed by atoms with Gasteiger partial charge in [-0.1, -0.05) is 37.8 Å². The number of H-pyrrole nitrogens is 1. The number of benzene rings is 1. The van der Waals surface area contributed by atoms with Crippen molar-refractivity contribution in [2.24, 2.45) is 5.92 Å². The molecule has 0 radical (unpaired) electrons. The van der Waals surface area contributed by atoms with Gasteiger partial charge in [-0.3, -0.25) is 9.89 Å². The molecule has 0 unspecified atom stereocenters. The van der Waals surface area contributed by atoms with Gasteiger partial charge < -0.3 is 14.4 Å². The van der Waals surface area contributed by atoms with Crippen molar-refractivity contribution in [3.63, 3.8) is 0 Å². The minimum Gasteiger partial charge on any atom is -0.493 e. The van der Waals surface area contributed by atoms with Crippen LogP contribution in [0.3, 0.4) is 0 Å². The van der Waals surface area contributed by atoms with E-state index >= 15 is 0 Å². The third-order valence-electron chi connectivity index (χ3n) is 6.30. The predicted molar refractivity (Wildman–Crippen MR) is 111 cm³/mol. The van der Waals surface area contributed by atoms with Gasteiger partial charge in [-0.05, 0) is 37.0 Å². The van der Waals surface area contributed by atoms with Crippen molar-refractivity contribution < 1.29 is 14.3 Å². The lowest BCUT2D eigenvalue weighted by Gasteiger charge is -2.17. The van der Waals surface area contributed by atoms with Gasteiger partial charge in [-0.15, -0.1) is 0 Å². The van der Waals surface area contributed by atoms with Crippen LogP contribution in [-0.2, 0) is 11.4 Å². The van der Waals surface area contributed by atoms with Crippen LogP contribution in [0.4, 0.5) is 0 Å². The first-order valence-electron chi connectivity index (χ1n) is 10.8. The molecule has 2 fully saturated rings. The van der Waals surface area contributed by atoms with Gasteiger partial charge in [0.05, 0.1) is 18.5 Å². The zero-order valence-electron chi connectivity index (χ0n) is 17.2. The summed E-state index contributed by atoms with van der Waals surface area (Å²) in [7, 11) is 1.64. The Bertz CT molecular complexity index is 813. The molecule has 1 aromatic carbocycles. The number of carbonyl (C=O) groups is 1. The van der Waals surface area contributed by atoms with Crippen molar-refractivity contribution in [2.45, 2.75) is 57.5 Å². The van der Waals surface area contributed by atoms with Crippen molar-refractivity contribution in [1.82, 2.24) is 15.1 Å². The summed E-state index contributed by atoms with van der Waals surface area (Å²) in [6.07, 6.45) is 8.04. The fourth-order valence-corrected chi connectivity index (χ4v) is 4.57. The van der Waals surface area contributed by atoms with Crippen LogP contribution in [0.15, 0.2) is 30.3 Å². The van der Waals surface area contributed by atoms with Crippen LogP contribution in [0.25, 0.3) is 0 Å². The number of aromatic amines is 1. The van der Waals surface area contributed by atoms with Crippen LogP contribution < -0.4 is 9.47 Å². The summed E-state index contributed by atoms with van der Waals surface area (Å²) in [5.74, 6) is 2.83. The third-order valence-corrected chi connectivity index (χ3v) is 6.30. The largest absolute Gasteiger partial charge is 0.493 e. The number of ether oxygens (including phenoxy) is 2. The van der Waals surface area contributed by atoms with Gasteiger partial charge in [0.25, 0.3) is 0 Å². The van der Waals surface area contributed by atoms with E-state index in [1.54, 1.807) is 7.11 Å². The maximum absolute atomic E-state index is 12.6. The molecular weight excluding hydrogens is 366 g/mol. The molecule has 2 heterocycles. The number of aromatic nitrogens is 2. The Labute approximate surface area is 172 Å². The number of carbonyl (C=O) groups excluding carboxylic acids is 1. The zero-order valence-corrected chi connectivity index (χ0v) is 17.2. The number of nitrogens with zero attached hydrogens (tertiary/aromatic N) is 2. The standard InChI is InChI=1S/C23H31N3O3/c1-28-21-8-4-5-9-22(21)29-16-19-14-20(25-24-19)18-12-13-26(15-18)23(27)11-10-17-6-2-3-7-17/h4-5,8-9,14,17-18H,2-3,6-7,10-13,15-16H2,1H3,(H,24,25)/t18-/m1/s1. The molecule has 4 rings (SSSR count). The molecule has 1 aromatic heterocycles. The van der Waals surface area contributed by atoms with Crippen LogP contribution in [-0.4, -0.2) is 41.2 Å². The van der Waals surface area contributed by atoms with E-state index in [4.69, 9.17) is 9.47 Å². The average Bonchev–Trinajstić information content (AvgIpc) is 3.52. The molecule has 29 heavy (non-hydrogen) atoms. The van der Waals surface area contributed by atoms with E-state index < -0.39 is 0 Å². The van der Waals surface area contributed by atoms with E-state index in [9.17, 15) is 4.79 Å². The van der Waals surface area contributed by atoms with Gasteiger partial charge in [0.2, 0.25) is 5.91 Å². The molecule has 1 amide bonds. The van der Waals surface area contributed by atoms with E-state index in [0.717, 1.165) is 49.0 Å². The molecule has 0 spiro atoms. The highest BCUT2D eigenvalue weighted by atomic mass is 16.5. The number of rotatable bonds is 8. The molecule has 1 saturated carbocycles. The normalized spacial score (nSPS) is 19.6. The summed E-state index contributed by atoms with van der Waals surface area (Å²) in [5, 5.41) is 7.56. The van der Waals surface area contributed by atoms with Crippen molar-refractivity contribution >= 4 is 5.91 Å². The Morgan fingerprint density at radius 3 is 2.79 bits per heavy atom. The van der Waals surface area contributed by atoms with E-state index in [-0.39, 0.29) is 0 Å². The van der Waals surface area contributed by atoms with Gasteiger partial charge in [0.1, 0.15) is 6.61 Å². The van der Waals surface area contributed by atoms with Crippen LogP contribution >= 0.6 is 0 Å². The minimum absolute atomic E-state index is 0.307. The minimum atomic E-state index is 0.307. The smallest absolute Gasteiger partial charge is 0.222 e. The number of hydrogen-bond donors (Lipinski definition) is 1. The molecule has 0 bridgehead atoms. The molecule has 6 heteroatoms. The first-order valence-corrected chi connectivity index (χ1v) is 10.8. The Morgan fingerprint density at radius 1 is 1.21 bits per heavy atom. The first kappa shape index (κ1) is 19.8. The quantitative estimate of drug-likeness (QED) is 0.722. The molecule has 6 nitrogen and oxygen atoms in total. The average molecular weight is 398 g/mol. The van der Waals surface area contributed by atoms with Gasteiger partial charge in [0, 0.05) is 25.4 Å². The van der Waals surface area contributed by atoms with Gasteiger partial charge in [0.15, 0.2) is 11.5 Å². The Balaban J connectivity index is 1.26. The molecule has 1 aliphatic carbocycles. The zero-order chi connectivity index (χ0) is 20.1. The van der Waals surface area contributed by atoms with E-state index in [1.165, 1.54) is 25.7 Å². The molecule has 156 valence electrons. The van der Waals surface area contributed by atoms with E-state index in [0.29, 0.717) is 30.6 Å². The number of para-hydroxylation sites is 2. The molecule has 2 aliphatic rings. The lowest BCUT2D eigenvalue weighted by atomic mass is 10.0. The number of methoxy groups -OCH3 is 1. The van der Waals surface area contributed by atoms with Gasteiger partial charge in [-0.25, -0.2) is 0 Å².